The monoisotopic (exact) mass is 278 g/mol. The number of carboxylic acid groups (broad SMARTS) is 1. The molecule has 1 heterocycles. The van der Waals surface area contributed by atoms with Crippen molar-refractivity contribution in [2.75, 3.05) is 20.3 Å². The summed E-state index contributed by atoms with van der Waals surface area (Å²) in [5.41, 5.74) is 0. The summed E-state index contributed by atoms with van der Waals surface area (Å²) in [6.45, 7) is 1.28. The van der Waals surface area contributed by atoms with E-state index < -0.39 is 12.1 Å². The van der Waals surface area contributed by atoms with Gasteiger partial charge in [0.2, 0.25) is 0 Å². The maximum atomic E-state index is 10.6. The van der Waals surface area contributed by atoms with E-state index in [1.54, 1.807) is 7.11 Å². The van der Waals surface area contributed by atoms with Crippen molar-refractivity contribution in [2.45, 2.75) is 39.6 Å². The van der Waals surface area contributed by atoms with Crippen molar-refractivity contribution < 1.29 is 38.2 Å². The number of aliphatic hydroxyl groups is 1. The van der Waals surface area contributed by atoms with Crippen molar-refractivity contribution >= 4 is 5.97 Å². The summed E-state index contributed by atoms with van der Waals surface area (Å²) in [6, 6.07) is 0.384. The normalized spacial score (nSPS) is 22.1. The van der Waals surface area contributed by atoms with Crippen molar-refractivity contribution in [1.29, 1.82) is 0 Å². The Balaban J connectivity index is -0.000000232. The Morgan fingerprint density at radius 3 is 2.06 bits per heavy atom. The highest BCUT2D eigenvalue weighted by Crippen LogP contribution is 2.13. The lowest BCUT2D eigenvalue weighted by atomic mass is 10.2. The van der Waals surface area contributed by atoms with Gasteiger partial charge in [0.15, 0.2) is 0 Å². The molecule has 0 amide bonds. The molecule has 0 aromatic heterocycles. The van der Waals surface area contributed by atoms with Crippen molar-refractivity contribution in [3.8, 4) is 0 Å². The number of methoxy groups -OCH3 is 1. The molecule has 2 atom stereocenters. The molecule has 112 valence electrons. The van der Waals surface area contributed by atoms with Crippen molar-refractivity contribution in [3.63, 3.8) is 0 Å². The molecule has 1 aliphatic heterocycles. The molecule has 0 spiro atoms. The Labute approximate surface area is 105 Å². The Morgan fingerprint density at radius 2 is 1.89 bits per heavy atom. The zero-order valence-electron chi connectivity index (χ0n) is 8.70. The summed E-state index contributed by atoms with van der Waals surface area (Å²) < 4.78 is 36.8. The molecule has 5 nitrogen and oxygen atoms in total. The zero-order valence-corrected chi connectivity index (χ0v) is 8.70. The molecule has 1 saturated heterocycles. The molecule has 1 rings (SSSR count). The number of carboxylic acids is 1. The van der Waals surface area contributed by atoms with Crippen LogP contribution in [0.3, 0.4) is 0 Å². The summed E-state index contributed by atoms with van der Waals surface area (Å²) in [5, 5.41) is 18.0. The lowest BCUT2D eigenvalue weighted by Gasteiger charge is -2.00. The maximum absolute atomic E-state index is 10.6. The van der Waals surface area contributed by atoms with E-state index in [1.807, 2.05) is 0 Å². The van der Waals surface area contributed by atoms with E-state index in [2.05, 4.69) is 5.32 Å². The van der Waals surface area contributed by atoms with Crippen LogP contribution in [0.25, 0.3) is 0 Å². The first kappa shape index (κ1) is 22.3. The predicted molar refractivity (Wildman–Crippen MR) is 60.2 cm³/mol. The van der Waals surface area contributed by atoms with Gasteiger partial charge < -0.3 is 20.3 Å². The van der Waals surface area contributed by atoms with Gasteiger partial charge in [-0.25, -0.2) is 4.79 Å². The molecule has 1 fully saturated rings. The maximum Gasteiger partial charge on any atom is 0.490 e. The van der Waals surface area contributed by atoms with E-state index in [0.717, 1.165) is 13.0 Å². The minimum absolute atomic E-state index is 0. The van der Waals surface area contributed by atoms with Crippen LogP contribution in [0.1, 0.15) is 21.3 Å². The molecular weight excluding hydrogens is 255 g/mol. The lowest BCUT2D eigenvalue weighted by Crippen LogP contribution is -2.88. The number of ether oxygens (including phenoxy) is 1. The van der Waals surface area contributed by atoms with E-state index in [0.29, 0.717) is 12.1 Å². The zero-order chi connectivity index (χ0) is 12.8. The van der Waals surface area contributed by atoms with Gasteiger partial charge in [-0.1, -0.05) is 14.9 Å². The second-order valence-corrected chi connectivity index (χ2v) is 3.31. The fraction of sp³-hybridized carbons (Fsp3) is 0.900. The summed E-state index contributed by atoms with van der Waals surface area (Å²) >= 11 is 0. The van der Waals surface area contributed by atoms with Crippen molar-refractivity contribution in [2.24, 2.45) is 0 Å². The number of aliphatic carboxylic acids is 1. The third-order valence-electron chi connectivity index (χ3n) is 2.11. The molecule has 8 heteroatoms. The SMILES string of the molecule is C.C.CO[C@H]1C[NH2+][C@@H](CO)C1.O=C(O)C(F)(F)F. The molecule has 0 aliphatic carbocycles. The molecule has 1 aliphatic rings. The van der Waals surface area contributed by atoms with Gasteiger partial charge in [0.05, 0.1) is 6.61 Å². The Morgan fingerprint density at radius 1 is 1.44 bits per heavy atom. The van der Waals surface area contributed by atoms with E-state index >= 15 is 0 Å². The highest BCUT2D eigenvalue weighted by molar-refractivity contribution is 5.73. The van der Waals surface area contributed by atoms with Crippen LogP contribution < -0.4 is 5.32 Å². The molecule has 0 radical (unpaired) electrons. The third-order valence-corrected chi connectivity index (χ3v) is 2.11. The number of rotatable bonds is 2. The summed E-state index contributed by atoms with van der Waals surface area (Å²) in [6.07, 6.45) is -3.73. The average Bonchev–Trinajstić information content (AvgIpc) is 2.64. The number of aliphatic hydroxyl groups excluding tert-OH is 1. The number of alkyl halides is 3. The van der Waals surface area contributed by atoms with Crippen LogP contribution in [0, 0.1) is 0 Å². The van der Waals surface area contributed by atoms with Gasteiger partial charge in [0, 0.05) is 13.5 Å². The number of carbonyl (C=O) groups is 1. The van der Waals surface area contributed by atoms with Crippen LogP contribution in [0.4, 0.5) is 13.2 Å². The van der Waals surface area contributed by atoms with Gasteiger partial charge in [-0.3, -0.25) is 0 Å². The van der Waals surface area contributed by atoms with Gasteiger partial charge in [-0.15, -0.1) is 0 Å². The van der Waals surface area contributed by atoms with Crippen LogP contribution >= 0.6 is 0 Å². The minimum atomic E-state index is -5.08. The Kier molecular flexibility index (Phi) is 12.5. The number of nitrogens with two attached hydrogens (primary N) is 1. The number of hydrogen-bond donors (Lipinski definition) is 3. The fourth-order valence-electron chi connectivity index (χ4n) is 1.22. The molecule has 0 unspecified atom stereocenters. The topological polar surface area (TPSA) is 83.4 Å². The summed E-state index contributed by atoms with van der Waals surface area (Å²) in [4.78, 5) is 8.90. The van der Waals surface area contributed by atoms with Crippen molar-refractivity contribution in [3.05, 3.63) is 0 Å². The smallest absolute Gasteiger partial charge is 0.475 e. The molecule has 18 heavy (non-hydrogen) atoms. The van der Waals surface area contributed by atoms with E-state index in [9.17, 15) is 13.2 Å². The molecule has 0 bridgehead atoms. The highest BCUT2D eigenvalue weighted by atomic mass is 19.4. The van der Waals surface area contributed by atoms with Gasteiger partial charge >= 0.3 is 12.1 Å². The Bertz CT molecular complexity index is 214. The largest absolute Gasteiger partial charge is 0.490 e. The van der Waals surface area contributed by atoms with E-state index in [4.69, 9.17) is 19.7 Å². The highest BCUT2D eigenvalue weighted by Gasteiger charge is 2.38. The minimum Gasteiger partial charge on any atom is -0.475 e. The molecule has 0 aromatic rings. The van der Waals surface area contributed by atoms with Gasteiger partial charge in [0.25, 0.3) is 0 Å². The average molecular weight is 278 g/mol. The number of halogens is 3. The second-order valence-electron chi connectivity index (χ2n) is 3.31. The number of quaternary nitrogens is 1. The lowest BCUT2D eigenvalue weighted by molar-refractivity contribution is -0.673. The van der Waals surface area contributed by atoms with Crippen LogP contribution in [-0.4, -0.2) is 54.8 Å². The fourth-order valence-corrected chi connectivity index (χ4v) is 1.22. The Hall–Kier alpha value is -0.860. The first-order valence-electron chi connectivity index (χ1n) is 4.58. The molecule has 0 saturated carbocycles. The third kappa shape index (κ3) is 9.20. The molecule has 0 aromatic carbocycles. The van der Waals surface area contributed by atoms with E-state index in [-0.39, 0.29) is 21.5 Å². The summed E-state index contributed by atoms with van der Waals surface area (Å²) in [5.74, 6) is -2.76. The van der Waals surface area contributed by atoms with Gasteiger partial charge in [0.1, 0.15) is 18.7 Å². The van der Waals surface area contributed by atoms with Crippen LogP contribution in [0.5, 0.6) is 0 Å². The predicted octanol–water partition coefficient (Wildman–Crippen LogP) is 0.235. The standard InChI is InChI=1S/C6H13NO2.C2HF3O2.2CH4/c1-9-6-2-5(4-8)7-3-6;3-2(4,5)1(6)7;;/h5-8H,2-4H2,1H3;(H,6,7);2*1H4/p+1/t5-,6-;;;/m1.../s1. The quantitative estimate of drug-likeness (QED) is 0.675. The van der Waals surface area contributed by atoms with Gasteiger partial charge in [-0.2, -0.15) is 13.2 Å². The first-order valence-corrected chi connectivity index (χ1v) is 4.58. The van der Waals surface area contributed by atoms with Crippen molar-refractivity contribution in [1.82, 2.24) is 0 Å². The van der Waals surface area contributed by atoms with Crippen LogP contribution in [0.2, 0.25) is 0 Å². The number of hydrogen-bond acceptors (Lipinski definition) is 3. The second kappa shape index (κ2) is 10.1. The van der Waals surface area contributed by atoms with Crippen LogP contribution in [-0.2, 0) is 9.53 Å². The van der Waals surface area contributed by atoms with E-state index in [1.165, 1.54) is 0 Å². The summed E-state index contributed by atoms with van der Waals surface area (Å²) in [7, 11) is 1.72. The molecular formula is C10H23F3NO4+. The molecule has 4 N–H and O–H groups in total. The van der Waals surface area contributed by atoms with Crippen LogP contribution in [0.15, 0.2) is 0 Å². The van der Waals surface area contributed by atoms with Gasteiger partial charge in [-0.05, 0) is 0 Å². The first-order chi connectivity index (χ1) is 7.31.